The van der Waals surface area contributed by atoms with Crippen molar-refractivity contribution in [3.8, 4) is 5.75 Å². The van der Waals surface area contributed by atoms with E-state index in [2.05, 4.69) is 24.1 Å². The van der Waals surface area contributed by atoms with E-state index in [0.29, 0.717) is 49.5 Å². The minimum absolute atomic E-state index is 0.0338. The summed E-state index contributed by atoms with van der Waals surface area (Å²) in [5, 5.41) is 2.33. The Kier molecular flexibility index (Phi) is 7.51. The van der Waals surface area contributed by atoms with Crippen molar-refractivity contribution >= 4 is 23.6 Å². The zero-order valence-electron chi connectivity index (χ0n) is 21.9. The van der Waals surface area contributed by atoms with Gasteiger partial charge in [0.25, 0.3) is 5.91 Å². The van der Waals surface area contributed by atoms with Crippen LogP contribution < -0.4 is 10.1 Å². The summed E-state index contributed by atoms with van der Waals surface area (Å²) in [6.07, 6.45) is 7.11. The normalized spacial score (nSPS) is 28.8. The summed E-state index contributed by atoms with van der Waals surface area (Å²) in [5.74, 6) is -0.0527. The van der Waals surface area contributed by atoms with Gasteiger partial charge in [-0.1, -0.05) is 6.42 Å². The highest BCUT2D eigenvalue weighted by atomic mass is 16.5. The quantitative estimate of drug-likeness (QED) is 0.591. The number of carbonyl (C=O) groups excluding carboxylic acids is 4. The fraction of sp³-hybridized carbons (Fsp3) is 0.643. The van der Waals surface area contributed by atoms with Crippen LogP contribution >= 0.6 is 0 Å². The molecule has 4 heterocycles. The van der Waals surface area contributed by atoms with Gasteiger partial charge in [-0.15, -0.1) is 0 Å². The van der Waals surface area contributed by atoms with E-state index >= 15 is 0 Å². The molecular weight excluding hydrogens is 472 g/mol. The molecular formula is C28H38N4O5. The molecule has 4 amide bonds. The number of benzene rings is 1. The number of amides is 4. The van der Waals surface area contributed by atoms with Crippen LogP contribution in [0.3, 0.4) is 0 Å². The SMILES string of the molecule is C[C@@H]1CCC[C@H](C)N1CC(=O)N1CCCC[C@@H]1COc1ccc2c(c1)CN(C1CCC(=O)NC1=O)C2=O. The van der Waals surface area contributed by atoms with Crippen LogP contribution in [0.1, 0.15) is 81.1 Å². The summed E-state index contributed by atoms with van der Waals surface area (Å²) < 4.78 is 6.17. The molecule has 0 radical (unpaired) electrons. The van der Waals surface area contributed by atoms with Crippen LogP contribution in [-0.4, -0.2) is 82.2 Å². The van der Waals surface area contributed by atoms with Crippen LogP contribution in [0.5, 0.6) is 5.75 Å². The Morgan fingerprint density at radius 2 is 1.81 bits per heavy atom. The van der Waals surface area contributed by atoms with Gasteiger partial charge >= 0.3 is 0 Å². The van der Waals surface area contributed by atoms with Crippen molar-refractivity contribution in [1.29, 1.82) is 0 Å². The van der Waals surface area contributed by atoms with Gasteiger partial charge in [0.15, 0.2) is 0 Å². The monoisotopic (exact) mass is 510 g/mol. The predicted octanol–water partition coefficient (Wildman–Crippen LogP) is 2.47. The number of hydrogen-bond donors (Lipinski definition) is 1. The van der Waals surface area contributed by atoms with E-state index in [1.165, 1.54) is 6.42 Å². The fourth-order valence-electron chi connectivity index (χ4n) is 6.37. The van der Waals surface area contributed by atoms with Crippen LogP contribution in [0, 0.1) is 0 Å². The number of rotatable bonds is 6. The molecule has 200 valence electrons. The molecule has 37 heavy (non-hydrogen) atoms. The maximum Gasteiger partial charge on any atom is 0.255 e. The molecule has 1 unspecified atom stereocenters. The lowest BCUT2D eigenvalue weighted by Gasteiger charge is -2.41. The van der Waals surface area contributed by atoms with E-state index in [1.54, 1.807) is 17.0 Å². The summed E-state index contributed by atoms with van der Waals surface area (Å²) in [5.41, 5.74) is 1.38. The molecule has 1 N–H and O–H groups in total. The number of fused-ring (bicyclic) bond motifs is 1. The highest BCUT2D eigenvalue weighted by molar-refractivity contribution is 6.05. The lowest BCUT2D eigenvalue weighted by molar-refractivity contribution is -0.139. The van der Waals surface area contributed by atoms with Crippen molar-refractivity contribution in [1.82, 2.24) is 20.0 Å². The van der Waals surface area contributed by atoms with Crippen LogP contribution in [0.2, 0.25) is 0 Å². The van der Waals surface area contributed by atoms with Gasteiger partial charge in [0.2, 0.25) is 17.7 Å². The molecule has 0 saturated carbocycles. The molecule has 3 saturated heterocycles. The Hall–Kier alpha value is -2.94. The fourth-order valence-corrected chi connectivity index (χ4v) is 6.37. The number of likely N-dealkylation sites (tertiary alicyclic amines) is 2. The van der Waals surface area contributed by atoms with E-state index in [0.717, 1.165) is 44.2 Å². The molecule has 0 aliphatic carbocycles. The molecule has 1 aromatic carbocycles. The van der Waals surface area contributed by atoms with Gasteiger partial charge < -0.3 is 14.5 Å². The van der Waals surface area contributed by atoms with Crippen molar-refractivity contribution in [3.63, 3.8) is 0 Å². The Morgan fingerprint density at radius 1 is 1.03 bits per heavy atom. The smallest absolute Gasteiger partial charge is 0.255 e. The topological polar surface area (TPSA) is 99.3 Å². The average Bonchev–Trinajstić information content (AvgIpc) is 3.20. The lowest BCUT2D eigenvalue weighted by Crippen LogP contribution is -2.53. The van der Waals surface area contributed by atoms with Gasteiger partial charge in [-0.05, 0) is 76.1 Å². The van der Waals surface area contributed by atoms with Crippen molar-refractivity contribution < 1.29 is 23.9 Å². The molecule has 0 spiro atoms. The first-order valence-corrected chi connectivity index (χ1v) is 13.8. The van der Waals surface area contributed by atoms with Gasteiger partial charge in [0, 0.05) is 37.2 Å². The number of nitrogens with zero attached hydrogens (tertiary/aromatic N) is 3. The van der Waals surface area contributed by atoms with E-state index in [-0.39, 0.29) is 30.2 Å². The summed E-state index contributed by atoms with van der Waals surface area (Å²) in [7, 11) is 0. The number of carbonyl (C=O) groups is 4. The molecule has 0 aromatic heterocycles. The lowest BCUT2D eigenvalue weighted by atomic mass is 9.97. The van der Waals surface area contributed by atoms with Crippen molar-refractivity contribution in [2.75, 3.05) is 19.7 Å². The second kappa shape index (κ2) is 10.8. The average molecular weight is 511 g/mol. The molecule has 9 nitrogen and oxygen atoms in total. The summed E-state index contributed by atoms with van der Waals surface area (Å²) in [6, 6.07) is 5.67. The highest BCUT2D eigenvalue weighted by Gasteiger charge is 2.39. The molecule has 5 rings (SSSR count). The van der Waals surface area contributed by atoms with Crippen LogP contribution in [0.15, 0.2) is 18.2 Å². The molecule has 1 aromatic rings. The number of hydrogen-bond acceptors (Lipinski definition) is 6. The maximum absolute atomic E-state index is 13.3. The number of piperidine rings is 3. The Bertz CT molecular complexity index is 1060. The number of imide groups is 1. The maximum atomic E-state index is 13.3. The summed E-state index contributed by atoms with van der Waals surface area (Å²) >= 11 is 0. The van der Waals surface area contributed by atoms with Gasteiger partial charge in [0.05, 0.1) is 12.6 Å². The van der Waals surface area contributed by atoms with Gasteiger partial charge in [-0.25, -0.2) is 0 Å². The largest absolute Gasteiger partial charge is 0.491 e. The highest BCUT2D eigenvalue weighted by Crippen LogP contribution is 2.31. The van der Waals surface area contributed by atoms with Crippen molar-refractivity contribution in [2.24, 2.45) is 0 Å². The second-order valence-corrected chi connectivity index (χ2v) is 11.1. The van der Waals surface area contributed by atoms with Gasteiger partial charge in [0.1, 0.15) is 18.4 Å². The number of ether oxygens (including phenoxy) is 1. The van der Waals surface area contributed by atoms with Crippen LogP contribution in [-0.2, 0) is 20.9 Å². The molecule has 4 atom stereocenters. The third-order valence-electron chi connectivity index (χ3n) is 8.58. The van der Waals surface area contributed by atoms with Crippen LogP contribution in [0.4, 0.5) is 0 Å². The molecule has 9 heteroatoms. The van der Waals surface area contributed by atoms with Crippen LogP contribution in [0.25, 0.3) is 0 Å². The minimum Gasteiger partial charge on any atom is -0.491 e. The standard InChI is InChI=1S/C28H38N4O5/c1-18-6-5-7-19(2)31(18)16-26(34)30-13-4-3-8-21(30)17-37-22-9-10-23-20(14-22)15-32(28(23)36)24-11-12-25(33)29-27(24)35/h9-10,14,18-19,21,24H,3-8,11-13,15-17H2,1-2H3,(H,29,33,35)/t18-,19+,21-,24?/m1/s1. The van der Waals surface area contributed by atoms with E-state index < -0.39 is 11.9 Å². The van der Waals surface area contributed by atoms with Gasteiger partial charge in [-0.2, -0.15) is 0 Å². The zero-order valence-corrected chi connectivity index (χ0v) is 21.9. The second-order valence-electron chi connectivity index (χ2n) is 11.1. The van der Waals surface area contributed by atoms with E-state index in [9.17, 15) is 19.2 Å². The van der Waals surface area contributed by atoms with Gasteiger partial charge in [-0.3, -0.25) is 29.4 Å². The Balaban J connectivity index is 1.21. The number of nitrogens with one attached hydrogen (secondary N) is 1. The third kappa shape index (κ3) is 5.37. The molecule has 4 aliphatic heterocycles. The molecule has 0 bridgehead atoms. The van der Waals surface area contributed by atoms with Crippen molar-refractivity contribution in [3.05, 3.63) is 29.3 Å². The summed E-state index contributed by atoms with van der Waals surface area (Å²) in [6.45, 7) is 6.41. The molecule has 3 fully saturated rings. The first kappa shape index (κ1) is 25.7. The predicted molar refractivity (Wildman–Crippen MR) is 137 cm³/mol. The van der Waals surface area contributed by atoms with Crippen molar-refractivity contribution in [2.45, 2.75) is 95.9 Å². The first-order chi connectivity index (χ1) is 17.8. The van der Waals surface area contributed by atoms with E-state index in [1.807, 2.05) is 11.0 Å². The molecule has 4 aliphatic rings. The van der Waals surface area contributed by atoms with E-state index in [4.69, 9.17) is 4.74 Å². The minimum atomic E-state index is -0.630. The Labute approximate surface area is 218 Å². The zero-order chi connectivity index (χ0) is 26.1. The Morgan fingerprint density at radius 3 is 2.57 bits per heavy atom. The first-order valence-electron chi connectivity index (χ1n) is 13.8. The summed E-state index contributed by atoms with van der Waals surface area (Å²) in [4.78, 5) is 56.0. The third-order valence-corrected chi connectivity index (χ3v) is 8.58.